The maximum Gasteiger partial charge on any atom is 0.0427 e. The van der Waals surface area contributed by atoms with E-state index in [-0.39, 0.29) is 0 Å². The molecular formula is C17H26ClN3. The summed E-state index contributed by atoms with van der Waals surface area (Å²) in [5.41, 5.74) is 2.71. The van der Waals surface area contributed by atoms with Gasteiger partial charge in [-0.3, -0.25) is 4.90 Å². The zero-order valence-electron chi connectivity index (χ0n) is 12.9. The van der Waals surface area contributed by atoms with E-state index in [4.69, 9.17) is 11.6 Å². The fourth-order valence-electron chi connectivity index (χ4n) is 3.05. The van der Waals surface area contributed by atoms with E-state index in [1.54, 1.807) is 0 Å². The van der Waals surface area contributed by atoms with Crippen molar-refractivity contribution in [1.29, 1.82) is 0 Å². The average Bonchev–Trinajstić information content (AvgIpc) is 3.31. The van der Waals surface area contributed by atoms with Gasteiger partial charge in [0.2, 0.25) is 0 Å². The molecule has 21 heavy (non-hydrogen) atoms. The van der Waals surface area contributed by atoms with Gasteiger partial charge in [0, 0.05) is 49.5 Å². The molecular weight excluding hydrogens is 282 g/mol. The van der Waals surface area contributed by atoms with Crippen LogP contribution in [0, 0.1) is 0 Å². The lowest BCUT2D eigenvalue weighted by atomic mass is 10.1. The standard InChI is InChI=1S/C17H26ClN3/c1-2-7-20-8-10-21(11-9-20)17-12-15(18)4-3-14(17)13-19-16-5-6-16/h3-4,12,16,19H,2,5-11,13H2,1H3. The highest BCUT2D eigenvalue weighted by Gasteiger charge is 2.22. The fraction of sp³-hybridized carbons (Fsp3) is 0.647. The molecule has 116 valence electrons. The Morgan fingerprint density at radius 2 is 1.95 bits per heavy atom. The van der Waals surface area contributed by atoms with Crippen LogP contribution in [0.25, 0.3) is 0 Å². The lowest BCUT2D eigenvalue weighted by Crippen LogP contribution is -2.46. The molecule has 1 aromatic carbocycles. The van der Waals surface area contributed by atoms with Crippen molar-refractivity contribution in [1.82, 2.24) is 10.2 Å². The second-order valence-corrected chi connectivity index (χ2v) is 6.69. The molecule has 0 unspecified atom stereocenters. The Labute approximate surface area is 133 Å². The number of piperazine rings is 1. The van der Waals surface area contributed by atoms with Crippen molar-refractivity contribution < 1.29 is 0 Å². The Bertz CT molecular complexity index is 465. The molecule has 1 heterocycles. The van der Waals surface area contributed by atoms with Crippen LogP contribution in [0.2, 0.25) is 5.02 Å². The molecule has 4 heteroatoms. The van der Waals surface area contributed by atoms with Crippen molar-refractivity contribution in [3.05, 3.63) is 28.8 Å². The molecule has 0 radical (unpaired) electrons. The van der Waals surface area contributed by atoms with Crippen LogP contribution in [-0.4, -0.2) is 43.7 Å². The topological polar surface area (TPSA) is 18.5 Å². The van der Waals surface area contributed by atoms with Gasteiger partial charge < -0.3 is 10.2 Å². The smallest absolute Gasteiger partial charge is 0.0427 e. The van der Waals surface area contributed by atoms with Crippen molar-refractivity contribution in [2.24, 2.45) is 0 Å². The maximum atomic E-state index is 6.23. The summed E-state index contributed by atoms with van der Waals surface area (Å²) in [5.74, 6) is 0. The van der Waals surface area contributed by atoms with Crippen molar-refractivity contribution in [2.45, 2.75) is 38.8 Å². The van der Waals surface area contributed by atoms with Crippen molar-refractivity contribution >= 4 is 17.3 Å². The Kier molecular flexibility index (Phi) is 5.04. The molecule has 3 rings (SSSR count). The van der Waals surface area contributed by atoms with Crippen LogP contribution in [0.3, 0.4) is 0 Å². The van der Waals surface area contributed by atoms with Gasteiger partial charge in [0.25, 0.3) is 0 Å². The van der Waals surface area contributed by atoms with Crippen molar-refractivity contribution in [3.63, 3.8) is 0 Å². The van der Waals surface area contributed by atoms with Crippen LogP contribution in [-0.2, 0) is 6.54 Å². The summed E-state index contributed by atoms with van der Waals surface area (Å²) in [5, 5.41) is 4.46. The highest BCUT2D eigenvalue weighted by atomic mass is 35.5. The average molecular weight is 308 g/mol. The lowest BCUT2D eigenvalue weighted by molar-refractivity contribution is 0.258. The quantitative estimate of drug-likeness (QED) is 0.871. The molecule has 3 nitrogen and oxygen atoms in total. The molecule has 1 saturated carbocycles. The highest BCUT2D eigenvalue weighted by Crippen LogP contribution is 2.27. The third kappa shape index (κ3) is 4.12. The number of hydrogen-bond acceptors (Lipinski definition) is 3. The molecule has 1 saturated heterocycles. The summed E-state index contributed by atoms with van der Waals surface area (Å²) in [6, 6.07) is 7.09. The minimum atomic E-state index is 0.745. The zero-order valence-corrected chi connectivity index (χ0v) is 13.7. The largest absolute Gasteiger partial charge is 0.369 e. The van der Waals surface area contributed by atoms with Gasteiger partial charge in [-0.1, -0.05) is 24.6 Å². The van der Waals surface area contributed by atoms with Gasteiger partial charge in [0.05, 0.1) is 0 Å². The first-order valence-electron chi connectivity index (χ1n) is 8.25. The highest BCUT2D eigenvalue weighted by molar-refractivity contribution is 6.30. The number of anilines is 1. The first-order chi connectivity index (χ1) is 10.3. The van der Waals surface area contributed by atoms with Crippen molar-refractivity contribution in [3.8, 4) is 0 Å². The third-order valence-corrected chi connectivity index (χ3v) is 4.69. The minimum Gasteiger partial charge on any atom is -0.369 e. The summed E-state index contributed by atoms with van der Waals surface area (Å²) in [6.07, 6.45) is 3.91. The number of nitrogens with one attached hydrogen (secondary N) is 1. The van der Waals surface area contributed by atoms with E-state index in [1.165, 1.54) is 37.1 Å². The summed E-state index contributed by atoms with van der Waals surface area (Å²) in [4.78, 5) is 5.06. The Hall–Kier alpha value is -0.770. The van der Waals surface area contributed by atoms with E-state index in [0.29, 0.717) is 0 Å². The molecule has 0 spiro atoms. The molecule has 0 atom stereocenters. The van der Waals surface area contributed by atoms with Crippen LogP contribution in [0.4, 0.5) is 5.69 Å². The predicted octanol–water partition coefficient (Wildman–Crippen LogP) is 3.12. The van der Waals surface area contributed by atoms with Gasteiger partial charge in [-0.05, 0) is 43.5 Å². The summed E-state index contributed by atoms with van der Waals surface area (Å²) >= 11 is 6.23. The first-order valence-corrected chi connectivity index (χ1v) is 8.63. The lowest BCUT2D eigenvalue weighted by Gasteiger charge is -2.37. The van der Waals surface area contributed by atoms with E-state index in [0.717, 1.165) is 43.8 Å². The molecule has 2 fully saturated rings. The van der Waals surface area contributed by atoms with Gasteiger partial charge in [0.1, 0.15) is 0 Å². The number of hydrogen-bond donors (Lipinski definition) is 1. The monoisotopic (exact) mass is 307 g/mol. The van der Waals surface area contributed by atoms with E-state index in [9.17, 15) is 0 Å². The predicted molar refractivity (Wildman–Crippen MR) is 90.3 cm³/mol. The Morgan fingerprint density at radius 3 is 2.62 bits per heavy atom. The van der Waals surface area contributed by atoms with E-state index < -0.39 is 0 Å². The SMILES string of the molecule is CCCN1CCN(c2cc(Cl)ccc2CNC2CC2)CC1. The van der Waals surface area contributed by atoms with Gasteiger partial charge in [-0.25, -0.2) is 0 Å². The van der Waals surface area contributed by atoms with Gasteiger partial charge in [-0.2, -0.15) is 0 Å². The van der Waals surface area contributed by atoms with E-state index in [1.807, 2.05) is 6.07 Å². The zero-order chi connectivity index (χ0) is 14.7. The van der Waals surface area contributed by atoms with Crippen LogP contribution < -0.4 is 10.2 Å². The third-order valence-electron chi connectivity index (χ3n) is 4.46. The van der Waals surface area contributed by atoms with Crippen LogP contribution in [0.15, 0.2) is 18.2 Å². The molecule has 1 N–H and O–H groups in total. The fourth-order valence-corrected chi connectivity index (χ4v) is 3.22. The van der Waals surface area contributed by atoms with Gasteiger partial charge in [-0.15, -0.1) is 0 Å². The van der Waals surface area contributed by atoms with E-state index in [2.05, 4.69) is 34.2 Å². The normalized spacial score (nSPS) is 20.0. The molecule has 0 aromatic heterocycles. The second-order valence-electron chi connectivity index (χ2n) is 6.26. The van der Waals surface area contributed by atoms with Crippen LogP contribution >= 0.6 is 11.6 Å². The molecule has 0 amide bonds. The Morgan fingerprint density at radius 1 is 1.19 bits per heavy atom. The molecule has 0 bridgehead atoms. The maximum absolute atomic E-state index is 6.23. The second kappa shape index (κ2) is 6.99. The molecule has 1 aliphatic carbocycles. The number of benzene rings is 1. The number of nitrogens with zero attached hydrogens (tertiary/aromatic N) is 2. The summed E-state index contributed by atoms with van der Waals surface area (Å²) < 4.78 is 0. The summed E-state index contributed by atoms with van der Waals surface area (Å²) in [6.45, 7) is 8.98. The first kappa shape index (κ1) is 15.1. The van der Waals surface area contributed by atoms with Gasteiger partial charge in [0.15, 0.2) is 0 Å². The van der Waals surface area contributed by atoms with Gasteiger partial charge >= 0.3 is 0 Å². The molecule has 2 aliphatic rings. The number of halogens is 1. The molecule has 1 aliphatic heterocycles. The van der Waals surface area contributed by atoms with Crippen molar-refractivity contribution in [2.75, 3.05) is 37.6 Å². The number of rotatable bonds is 6. The minimum absolute atomic E-state index is 0.745. The molecule has 1 aromatic rings. The summed E-state index contributed by atoms with van der Waals surface area (Å²) in [7, 11) is 0. The van der Waals surface area contributed by atoms with E-state index >= 15 is 0 Å². The van der Waals surface area contributed by atoms with Crippen LogP contribution in [0.5, 0.6) is 0 Å². The van der Waals surface area contributed by atoms with Crippen LogP contribution in [0.1, 0.15) is 31.7 Å². The Balaban J connectivity index is 1.66.